The summed E-state index contributed by atoms with van der Waals surface area (Å²) in [4.78, 5) is 16.1. The van der Waals surface area contributed by atoms with E-state index in [0.29, 0.717) is 16.3 Å². The molecule has 1 atom stereocenters. The monoisotopic (exact) mass is 306 g/mol. The lowest BCUT2D eigenvalue weighted by Crippen LogP contribution is -2.35. The molecule has 1 aromatic carbocycles. The molecule has 0 saturated heterocycles. The van der Waals surface area contributed by atoms with Gasteiger partial charge in [-0.1, -0.05) is 24.9 Å². The maximum atomic E-state index is 11.8. The van der Waals surface area contributed by atoms with Crippen molar-refractivity contribution in [1.29, 1.82) is 0 Å². The van der Waals surface area contributed by atoms with Gasteiger partial charge in [-0.2, -0.15) is 0 Å². The highest BCUT2D eigenvalue weighted by atomic mass is 35.5. The van der Waals surface area contributed by atoms with Crippen molar-refractivity contribution in [3.63, 3.8) is 0 Å². The zero-order chi connectivity index (χ0) is 15.2. The summed E-state index contributed by atoms with van der Waals surface area (Å²) in [5.74, 6) is 0.434. The molecule has 0 fully saturated rings. The molecule has 2 rings (SSSR count). The lowest BCUT2D eigenvalue weighted by atomic mass is 10.2. The van der Waals surface area contributed by atoms with E-state index in [4.69, 9.17) is 16.3 Å². The number of fused-ring (bicyclic) bond motifs is 1. The van der Waals surface area contributed by atoms with E-state index in [0.717, 1.165) is 18.2 Å². The SMILES string of the molecule is CCC[C@@H](C)NC(=O)COc1ccc(Cl)c2cccnc12. The molecule has 2 aromatic rings. The number of halogens is 1. The molecule has 0 radical (unpaired) electrons. The Bertz CT molecular complexity index is 631. The van der Waals surface area contributed by atoms with Crippen LogP contribution in [-0.2, 0) is 4.79 Å². The minimum Gasteiger partial charge on any atom is -0.481 e. The molecule has 1 N–H and O–H groups in total. The molecule has 112 valence electrons. The molecule has 0 spiro atoms. The molecule has 0 aliphatic rings. The minimum absolute atomic E-state index is 0.0264. The Morgan fingerprint density at radius 2 is 2.24 bits per heavy atom. The molecule has 5 heteroatoms. The molecule has 0 bridgehead atoms. The summed E-state index contributed by atoms with van der Waals surface area (Å²) in [6.45, 7) is 4.05. The van der Waals surface area contributed by atoms with E-state index in [-0.39, 0.29) is 18.6 Å². The Balaban J connectivity index is 2.04. The summed E-state index contributed by atoms with van der Waals surface area (Å²) in [6.07, 6.45) is 3.67. The molecule has 1 amide bonds. The third-order valence-electron chi connectivity index (χ3n) is 3.17. The van der Waals surface area contributed by atoms with Crippen molar-refractivity contribution in [1.82, 2.24) is 10.3 Å². The standard InChI is InChI=1S/C16H19ClN2O2/c1-3-5-11(2)19-15(20)10-21-14-8-7-13(17)12-6-4-9-18-16(12)14/h4,6-9,11H,3,5,10H2,1-2H3,(H,19,20)/t11-/m1/s1. The van der Waals surface area contributed by atoms with Crippen molar-refractivity contribution in [2.75, 3.05) is 6.61 Å². The lowest BCUT2D eigenvalue weighted by molar-refractivity contribution is -0.123. The molecular weight excluding hydrogens is 288 g/mol. The highest BCUT2D eigenvalue weighted by Crippen LogP contribution is 2.29. The van der Waals surface area contributed by atoms with Gasteiger partial charge in [0.1, 0.15) is 11.3 Å². The van der Waals surface area contributed by atoms with Gasteiger partial charge in [0.15, 0.2) is 6.61 Å². The number of nitrogens with zero attached hydrogens (tertiary/aromatic N) is 1. The molecule has 0 saturated carbocycles. The minimum atomic E-state index is -0.130. The van der Waals surface area contributed by atoms with Gasteiger partial charge in [0, 0.05) is 17.6 Å². The van der Waals surface area contributed by atoms with Crippen LogP contribution in [0, 0.1) is 0 Å². The number of hydrogen-bond donors (Lipinski definition) is 1. The number of amides is 1. The first kappa shape index (κ1) is 15.6. The maximum Gasteiger partial charge on any atom is 0.258 e. The summed E-state index contributed by atoms with van der Waals surface area (Å²) in [5, 5.41) is 4.33. The number of hydrogen-bond acceptors (Lipinski definition) is 3. The number of ether oxygens (including phenoxy) is 1. The average Bonchev–Trinajstić information content (AvgIpc) is 2.47. The summed E-state index contributed by atoms with van der Waals surface area (Å²) < 4.78 is 5.58. The van der Waals surface area contributed by atoms with Crippen LogP contribution in [0.25, 0.3) is 10.9 Å². The van der Waals surface area contributed by atoms with E-state index in [1.165, 1.54) is 0 Å². The van der Waals surface area contributed by atoms with Crippen LogP contribution >= 0.6 is 11.6 Å². The van der Waals surface area contributed by atoms with Crippen LogP contribution in [0.2, 0.25) is 5.02 Å². The topological polar surface area (TPSA) is 51.2 Å². The highest BCUT2D eigenvalue weighted by Gasteiger charge is 2.10. The normalized spacial score (nSPS) is 12.1. The number of pyridine rings is 1. The maximum absolute atomic E-state index is 11.8. The Morgan fingerprint density at radius 3 is 3.00 bits per heavy atom. The van der Waals surface area contributed by atoms with Gasteiger partial charge in [0.25, 0.3) is 5.91 Å². The lowest BCUT2D eigenvalue weighted by Gasteiger charge is -2.14. The van der Waals surface area contributed by atoms with E-state index >= 15 is 0 Å². The van der Waals surface area contributed by atoms with Gasteiger partial charge in [-0.15, -0.1) is 0 Å². The van der Waals surface area contributed by atoms with Crippen molar-refractivity contribution in [2.45, 2.75) is 32.7 Å². The van der Waals surface area contributed by atoms with Gasteiger partial charge in [0.2, 0.25) is 0 Å². The fourth-order valence-corrected chi connectivity index (χ4v) is 2.41. The number of carbonyl (C=O) groups is 1. The van der Waals surface area contributed by atoms with Crippen LogP contribution in [0.15, 0.2) is 30.5 Å². The number of benzene rings is 1. The van der Waals surface area contributed by atoms with Gasteiger partial charge in [0.05, 0.1) is 5.02 Å². The number of nitrogens with one attached hydrogen (secondary N) is 1. The molecule has 1 heterocycles. The van der Waals surface area contributed by atoms with Crippen LogP contribution in [-0.4, -0.2) is 23.5 Å². The first-order valence-electron chi connectivity index (χ1n) is 7.07. The number of aromatic nitrogens is 1. The van der Waals surface area contributed by atoms with Crippen molar-refractivity contribution < 1.29 is 9.53 Å². The van der Waals surface area contributed by atoms with Crippen molar-refractivity contribution >= 4 is 28.4 Å². The largest absolute Gasteiger partial charge is 0.481 e. The van der Waals surface area contributed by atoms with Crippen LogP contribution < -0.4 is 10.1 Å². The smallest absolute Gasteiger partial charge is 0.258 e. The Labute approximate surface area is 129 Å². The summed E-state index contributed by atoms with van der Waals surface area (Å²) in [6, 6.07) is 7.34. The van der Waals surface area contributed by atoms with Crippen molar-refractivity contribution in [3.05, 3.63) is 35.5 Å². The molecule has 4 nitrogen and oxygen atoms in total. The summed E-state index contributed by atoms with van der Waals surface area (Å²) >= 11 is 6.12. The number of carbonyl (C=O) groups excluding carboxylic acids is 1. The van der Waals surface area contributed by atoms with Gasteiger partial charge in [-0.05, 0) is 37.6 Å². The van der Waals surface area contributed by atoms with Crippen molar-refractivity contribution in [2.24, 2.45) is 0 Å². The fourth-order valence-electron chi connectivity index (χ4n) is 2.19. The van der Waals surface area contributed by atoms with Crippen LogP contribution in [0.5, 0.6) is 5.75 Å². The Kier molecular flexibility index (Phi) is 5.39. The second-order valence-electron chi connectivity index (χ2n) is 4.99. The Morgan fingerprint density at radius 1 is 1.43 bits per heavy atom. The van der Waals surface area contributed by atoms with Crippen LogP contribution in [0.4, 0.5) is 0 Å². The summed E-state index contributed by atoms with van der Waals surface area (Å²) in [5.41, 5.74) is 0.666. The van der Waals surface area contributed by atoms with E-state index in [9.17, 15) is 4.79 Å². The molecule has 1 aromatic heterocycles. The summed E-state index contributed by atoms with van der Waals surface area (Å²) in [7, 11) is 0. The first-order chi connectivity index (χ1) is 10.1. The molecular formula is C16H19ClN2O2. The van der Waals surface area contributed by atoms with E-state index in [1.54, 1.807) is 18.3 Å². The van der Waals surface area contributed by atoms with Gasteiger partial charge in [-0.25, -0.2) is 0 Å². The fraction of sp³-hybridized carbons (Fsp3) is 0.375. The molecule has 0 aliphatic heterocycles. The number of rotatable bonds is 6. The molecule has 0 unspecified atom stereocenters. The van der Waals surface area contributed by atoms with Crippen LogP contribution in [0.1, 0.15) is 26.7 Å². The third kappa shape index (κ3) is 4.08. The predicted octanol–water partition coefficient (Wildman–Crippen LogP) is 3.57. The van der Waals surface area contributed by atoms with Crippen molar-refractivity contribution in [3.8, 4) is 5.75 Å². The second kappa shape index (κ2) is 7.27. The predicted molar refractivity (Wildman–Crippen MR) is 84.8 cm³/mol. The average molecular weight is 307 g/mol. The van der Waals surface area contributed by atoms with Gasteiger partial charge < -0.3 is 10.1 Å². The van der Waals surface area contributed by atoms with E-state index in [1.807, 2.05) is 19.1 Å². The van der Waals surface area contributed by atoms with Gasteiger partial charge >= 0.3 is 0 Å². The van der Waals surface area contributed by atoms with E-state index in [2.05, 4.69) is 17.2 Å². The zero-order valence-electron chi connectivity index (χ0n) is 12.2. The Hall–Kier alpha value is -1.81. The zero-order valence-corrected chi connectivity index (χ0v) is 13.0. The first-order valence-corrected chi connectivity index (χ1v) is 7.45. The highest BCUT2D eigenvalue weighted by molar-refractivity contribution is 6.35. The second-order valence-corrected chi connectivity index (χ2v) is 5.40. The molecule has 0 aliphatic carbocycles. The van der Waals surface area contributed by atoms with E-state index < -0.39 is 0 Å². The quantitative estimate of drug-likeness (QED) is 0.887. The van der Waals surface area contributed by atoms with Crippen LogP contribution in [0.3, 0.4) is 0 Å². The molecule has 21 heavy (non-hydrogen) atoms. The third-order valence-corrected chi connectivity index (χ3v) is 3.50. The van der Waals surface area contributed by atoms with Gasteiger partial charge in [-0.3, -0.25) is 9.78 Å².